The average Bonchev–Trinajstić information content (AvgIpc) is 2.85. The minimum absolute atomic E-state index is 0.0465. The van der Waals surface area contributed by atoms with Gasteiger partial charge in [-0.25, -0.2) is 0 Å². The lowest BCUT2D eigenvalue weighted by atomic mass is 9.46. The van der Waals surface area contributed by atoms with E-state index in [9.17, 15) is 19.6 Å². The fraction of sp³-hybridized carbons (Fsp3) is 0.700. The van der Waals surface area contributed by atoms with Gasteiger partial charge in [-0.1, -0.05) is 19.4 Å². The van der Waals surface area contributed by atoms with Crippen molar-refractivity contribution in [1.82, 2.24) is 0 Å². The molecule has 0 spiro atoms. The molecule has 4 rings (SSSR count). The molecule has 0 heterocycles. The molecule has 3 fully saturated rings. The van der Waals surface area contributed by atoms with Crippen LogP contribution in [0.5, 0.6) is 0 Å². The zero-order valence-corrected chi connectivity index (χ0v) is 15.6. The van der Waals surface area contributed by atoms with Crippen LogP contribution in [0.2, 0.25) is 0 Å². The van der Waals surface area contributed by atoms with Crippen LogP contribution in [0.25, 0.3) is 0 Å². The minimum atomic E-state index is -0.804. The molecule has 25 heavy (non-hydrogen) atoms. The van der Waals surface area contributed by atoms with Crippen molar-refractivity contribution in [3.05, 3.63) is 11.6 Å². The molecule has 5 heteroatoms. The lowest BCUT2D eigenvalue weighted by molar-refractivity contribution is -0.146. The number of allylic oxidation sites excluding steroid dienone is 1. The van der Waals surface area contributed by atoms with E-state index in [0.717, 1.165) is 36.6 Å². The minimum Gasteiger partial charge on any atom is -0.299 e. The Bertz CT molecular complexity index is 765. The number of Topliss-reactive ketones (excluding diaryl/α,β-unsaturated/α-hetero) is 2. The van der Waals surface area contributed by atoms with Crippen molar-refractivity contribution in [3.8, 4) is 5.40 Å². The molecule has 5 atom stereocenters. The molecule has 3 saturated carbocycles. The molecule has 0 aromatic heterocycles. The number of carbonyl (C=O) groups excluding carboxylic acids is 3. The summed E-state index contributed by atoms with van der Waals surface area (Å²) < 4.78 is -0.804. The van der Waals surface area contributed by atoms with E-state index in [1.165, 1.54) is 0 Å². The van der Waals surface area contributed by atoms with Gasteiger partial charge in [-0.3, -0.25) is 14.4 Å². The number of thioether (sulfide) groups is 1. The third-order valence-electron chi connectivity index (χ3n) is 7.75. The van der Waals surface area contributed by atoms with Gasteiger partial charge < -0.3 is 0 Å². The number of carbonyl (C=O) groups is 3. The molecule has 0 aromatic rings. The van der Waals surface area contributed by atoms with Crippen molar-refractivity contribution in [2.24, 2.45) is 22.7 Å². The maximum atomic E-state index is 13.5. The van der Waals surface area contributed by atoms with Gasteiger partial charge in [-0.2, -0.15) is 5.26 Å². The number of thiocyanates is 1. The topological polar surface area (TPSA) is 75.0 Å². The summed E-state index contributed by atoms with van der Waals surface area (Å²) in [4.78, 5) is 38.0. The molecule has 4 aliphatic rings. The monoisotopic (exact) mass is 357 g/mol. The van der Waals surface area contributed by atoms with E-state index in [1.807, 2.05) is 6.92 Å². The van der Waals surface area contributed by atoms with E-state index < -0.39 is 15.6 Å². The zero-order chi connectivity index (χ0) is 18.0. The van der Waals surface area contributed by atoms with Crippen LogP contribution in [0.15, 0.2) is 11.6 Å². The Morgan fingerprint density at radius 3 is 2.52 bits per heavy atom. The first-order chi connectivity index (χ1) is 11.8. The third-order valence-corrected chi connectivity index (χ3v) is 9.15. The summed E-state index contributed by atoms with van der Waals surface area (Å²) in [6, 6.07) is 0. The largest absolute Gasteiger partial charge is 0.299 e. The lowest BCUT2D eigenvalue weighted by Crippen LogP contribution is -2.66. The third kappa shape index (κ3) is 1.92. The first-order valence-electron chi connectivity index (χ1n) is 9.17. The van der Waals surface area contributed by atoms with Gasteiger partial charge in [-0.05, 0) is 55.4 Å². The normalized spacial score (nSPS) is 46.0. The van der Waals surface area contributed by atoms with Crippen molar-refractivity contribution >= 4 is 29.1 Å². The molecule has 0 radical (unpaired) electrons. The summed E-state index contributed by atoms with van der Waals surface area (Å²) in [5, 5.41) is 11.8. The summed E-state index contributed by atoms with van der Waals surface area (Å²) in [5.41, 5.74) is 0.0430. The van der Waals surface area contributed by atoms with Crippen LogP contribution < -0.4 is 0 Å². The molecule has 4 nitrogen and oxygen atoms in total. The summed E-state index contributed by atoms with van der Waals surface area (Å²) in [6.07, 6.45) is 6.03. The predicted octanol–water partition coefficient (Wildman–Crippen LogP) is 3.60. The Hall–Kier alpha value is -1.41. The number of nitriles is 1. The molecule has 0 N–H and O–H groups in total. The summed E-state index contributed by atoms with van der Waals surface area (Å²) in [7, 11) is 0. The standard InChI is InChI=1S/C20H23NO3S/c1-18-10-17(24)20(25-11-21)15(14(18)5-6-16(18)23)4-3-12-9-13(22)7-8-19(12,20)2/h9,14-15H,3-8,10H2,1-2H3/t14-,15-,18-,19-,20-/m0/s1. The van der Waals surface area contributed by atoms with E-state index >= 15 is 0 Å². The highest BCUT2D eigenvalue weighted by molar-refractivity contribution is 8.05. The molecule has 0 unspecified atom stereocenters. The van der Waals surface area contributed by atoms with Gasteiger partial charge in [0.25, 0.3) is 0 Å². The van der Waals surface area contributed by atoms with Crippen molar-refractivity contribution in [2.45, 2.75) is 63.5 Å². The van der Waals surface area contributed by atoms with E-state index in [2.05, 4.69) is 12.3 Å². The van der Waals surface area contributed by atoms with E-state index in [-0.39, 0.29) is 35.6 Å². The summed E-state index contributed by atoms with van der Waals surface area (Å²) >= 11 is 1.12. The van der Waals surface area contributed by atoms with Crippen molar-refractivity contribution in [3.63, 3.8) is 0 Å². The van der Waals surface area contributed by atoms with Crippen molar-refractivity contribution in [1.29, 1.82) is 5.26 Å². The lowest BCUT2D eigenvalue weighted by Gasteiger charge is -2.61. The van der Waals surface area contributed by atoms with Crippen LogP contribution in [0.3, 0.4) is 0 Å². The number of nitrogens with zero attached hydrogens (tertiary/aromatic N) is 1. The second-order valence-corrected chi connectivity index (χ2v) is 9.66. The van der Waals surface area contributed by atoms with E-state index in [1.54, 1.807) is 6.08 Å². The van der Waals surface area contributed by atoms with Crippen LogP contribution in [0, 0.1) is 33.3 Å². The van der Waals surface area contributed by atoms with Crippen LogP contribution >= 0.6 is 11.8 Å². The van der Waals surface area contributed by atoms with Crippen LogP contribution in [0.1, 0.15) is 58.8 Å². The maximum Gasteiger partial charge on any atom is 0.155 e. The fourth-order valence-electron chi connectivity index (χ4n) is 6.41. The maximum absolute atomic E-state index is 13.5. The van der Waals surface area contributed by atoms with Crippen LogP contribution in [-0.2, 0) is 14.4 Å². The van der Waals surface area contributed by atoms with Gasteiger partial charge in [0, 0.05) is 30.1 Å². The van der Waals surface area contributed by atoms with Gasteiger partial charge in [-0.15, -0.1) is 0 Å². The van der Waals surface area contributed by atoms with Crippen molar-refractivity contribution < 1.29 is 14.4 Å². The fourth-order valence-corrected chi connectivity index (χ4v) is 7.63. The predicted molar refractivity (Wildman–Crippen MR) is 94.6 cm³/mol. The molecule has 4 aliphatic carbocycles. The summed E-state index contributed by atoms with van der Waals surface area (Å²) in [6.45, 7) is 4.04. The highest BCUT2D eigenvalue weighted by Crippen LogP contribution is 2.69. The zero-order valence-electron chi connectivity index (χ0n) is 14.8. The van der Waals surface area contributed by atoms with Crippen molar-refractivity contribution in [2.75, 3.05) is 0 Å². The number of hydrogen-bond donors (Lipinski definition) is 0. The second kappa shape index (κ2) is 5.30. The van der Waals surface area contributed by atoms with E-state index in [0.29, 0.717) is 19.3 Å². The molecular weight excluding hydrogens is 334 g/mol. The highest BCUT2D eigenvalue weighted by atomic mass is 32.2. The van der Waals surface area contributed by atoms with Crippen LogP contribution in [0.4, 0.5) is 0 Å². The van der Waals surface area contributed by atoms with Gasteiger partial charge in [0.2, 0.25) is 0 Å². The van der Waals surface area contributed by atoms with Crippen LogP contribution in [-0.4, -0.2) is 22.1 Å². The molecular formula is C20H23NO3S. The Morgan fingerprint density at radius 1 is 1.08 bits per heavy atom. The Labute approximate surface area is 152 Å². The highest BCUT2D eigenvalue weighted by Gasteiger charge is 2.70. The Kier molecular flexibility index (Phi) is 3.61. The second-order valence-electron chi connectivity index (χ2n) is 8.63. The molecule has 0 bridgehead atoms. The number of ketones is 3. The SMILES string of the molecule is C[C@]12CCC(=O)C=C1CC[C@H]1[C@@H]3CCC(=O)[C@@]3(C)CC(=O)[C@@]12SC#N. The average molecular weight is 357 g/mol. The first kappa shape index (κ1) is 17.0. The Morgan fingerprint density at radius 2 is 1.80 bits per heavy atom. The first-order valence-corrected chi connectivity index (χ1v) is 9.99. The number of hydrogen-bond acceptors (Lipinski definition) is 5. The van der Waals surface area contributed by atoms with Gasteiger partial charge in [0.05, 0.1) is 0 Å². The van der Waals surface area contributed by atoms with Gasteiger partial charge >= 0.3 is 0 Å². The Balaban J connectivity index is 1.90. The molecule has 0 aliphatic heterocycles. The molecule has 132 valence electrons. The number of fused-ring (bicyclic) bond motifs is 5. The molecule has 0 aromatic carbocycles. The van der Waals surface area contributed by atoms with Gasteiger partial charge in [0.15, 0.2) is 11.6 Å². The smallest absolute Gasteiger partial charge is 0.155 e. The number of rotatable bonds is 1. The molecule has 0 saturated heterocycles. The quantitative estimate of drug-likeness (QED) is 0.670. The van der Waals surface area contributed by atoms with E-state index in [4.69, 9.17) is 0 Å². The summed E-state index contributed by atoms with van der Waals surface area (Å²) in [5.74, 6) is 0.624. The molecule has 0 amide bonds. The van der Waals surface area contributed by atoms with Gasteiger partial charge in [0.1, 0.15) is 15.9 Å².